The van der Waals surface area contributed by atoms with Gasteiger partial charge in [-0.05, 0) is 32.9 Å². The van der Waals surface area contributed by atoms with Crippen LogP contribution in [0.25, 0.3) is 0 Å². The fourth-order valence-corrected chi connectivity index (χ4v) is 1.79. The number of fused-ring (bicyclic) bond motifs is 1. The lowest BCUT2D eigenvalue weighted by Crippen LogP contribution is -2.28. The molecule has 7 nitrogen and oxygen atoms in total. The van der Waals surface area contributed by atoms with Crippen LogP contribution in [0.15, 0.2) is 23.2 Å². The predicted octanol–water partition coefficient (Wildman–Crippen LogP) is 3.00. The van der Waals surface area contributed by atoms with Crippen LogP contribution in [0.4, 0.5) is 19.3 Å². The van der Waals surface area contributed by atoms with Gasteiger partial charge in [0.05, 0.1) is 5.69 Å². The highest BCUT2D eigenvalue weighted by molar-refractivity contribution is 6.45. The molecular weight excluding hydrogens is 326 g/mol. The molecule has 0 bridgehead atoms. The second-order valence-electron chi connectivity index (χ2n) is 5.82. The van der Waals surface area contributed by atoms with Crippen LogP contribution in [0.2, 0.25) is 0 Å². The number of carbonyl (C=O) groups excluding carboxylic acids is 2. The number of ether oxygens (including phenoxy) is 3. The summed E-state index contributed by atoms with van der Waals surface area (Å²) in [4.78, 5) is 27.3. The normalized spacial score (nSPS) is 16.1. The van der Waals surface area contributed by atoms with E-state index in [-0.39, 0.29) is 29.5 Å². The summed E-state index contributed by atoms with van der Waals surface area (Å²) in [6.07, 6.45) is -0.927. The third-order valence-corrected chi connectivity index (χ3v) is 2.67. The zero-order chi connectivity index (χ0) is 17.9. The monoisotopic (exact) mass is 342 g/mol. The van der Waals surface area contributed by atoms with Crippen molar-refractivity contribution in [2.45, 2.75) is 33.0 Å². The quantitative estimate of drug-likeness (QED) is 0.893. The van der Waals surface area contributed by atoms with Crippen molar-refractivity contribution in [3.8, 4) is 11.5 Å². The summed E-state index contributed by atoms with van der Waals surface area (Å²) in [5, 5.41) is 2.48. The summed E-state index contributed by atoms with van der Waals surface area (Å²) >= 11 is 0. The van der Waals surface area contributed by atoms with Crippen LogP contribution >= 0.6 is 0 Å². The van der Waals surface area contributed by atoms with Crippen molar-refractivity contribution in [3.05, 3.63) is 18.2 Å². The van der Waals surface area contributed by atoms with E-state index in [1.807, 2.05) is 0 Å². The number of anilines is 1. The van der Waals surface area contributed by atoms with Gasteiger partial charge in [-0.1, -0.05) is 0 Å². The molecule has 0 saturated heterocycles. The third kappa shape index (κ3) is 4.90. The van der Waals surface area contributed by atoms with Gasteiger partial charge in [-0.2, -0.15) is 13.8 Å². The number of nitrogens with zero attached hydrogens (tertiary/aromatic N) is 1. The van der Waals surface area contributed by atoms with Crippen molar-refractivity contribution in [2.24, 2.45) is 4.99 Å². The summed E-state index contributed by atoms with van der Waals surface area (Å²) in [7, 11) is 0. The number of amides is 2. The molecule has 9 heteroatoms. The van der Waals surface area contributed by atoms with Crippen LogP contribution in [-0.4, -0.2) is 36.5 Å². The van der Waals surface area contributed by atoms with Crippen LogP contribution in [-0.2, 0) is 9.53 Å². The van der Waals surface area contributed by atoms with Gasteiger partial charge in [-0.3, -0.25) is 4.79 Å². The molecule has 0 saturated carbocycles. The molecule has 0 spiro atoms. The minimum Gasteiger partial charge on any atom is -0.485 e. The zero-order valence-corrected chi connectivity index (χ0v) is 13.3. The highest BCUT2D eigenvalue weighted by atomic mass is 19.3. The Morgan fingerprint density at radius 3 is 2.71 bits per heavy atom. The van der Waals surface area contributed by atoms with Gasteiger partial charge in [0, 0.05) is 6.07 Å². The van der Waals surface area contributed by atoms with Gasteiger partial charge in [0.1, 0.15) is 23.7 Å². The maximum absolute atomic E-state index is 12.2. The molecule has 1 heterocycles. The summed E-state index contributed by atoms with van der Waals surface area (Å²) in [6, 6.07) is 3.81. The lowest BCUT2D eigenvalue weighted by molar-refractivity contribution is -0.110. The second kappa shape index (κ2) is 6.81. The van der Waals surface area contributed by atoms with Crippen LogP contribution in [0.3, 0.4) is 0 Å². The number of nitrogens with one attached hydrogen (secondary N) is 1. The first-order valence-electron chi connectivity index (χ1n) is 6.97. The molecule has 0 aliphatic carbocycles. The van der Waals surface area contributed by atoms with Crippen molar-refractivity contribution in [1.82, 2.24) is 0 Å². The van der Waals surface area contributed by atoms with E-state index < -0.39 is 24.2 Å². The van der Waals surface area contributed by atoms with Crippen LogP contribution < -0.4 is 14.8 Å². The Kier molecular flexibility index (Phi) is 5.01. The summed E-state index contributed by atoms with van der Waals surface area (Å²) in [5.41, 5.74) is -0.707. The standard InChI is InChI=1S/C15H16F2N2O5/c1-15(2,3)24-14(21)19-10-7-22-11-6-8(23-13(16)17)4-5-9(11)18-12(10)20/h4-6,13H,7H2,1-3H3,(H,18,20)/b19-10+. The molecule has 1 N–H and O–H groups in total. The number of rotatable bonds is 2. The Labute approximate surface area is 136 Å². The number of aliphatic imine (C=N–C) groups is 1. The van der Waals surface area contributed by atoms with Gasteiger partial charge in [0.25, 0.3) is 5.91 Å². The van der Waals surface area contributed by atoms with Gasteiger partial charge in [-0.25, -0.2) is 4.79 Å². The number of hydrogen-bond acceptors (Lipinski definition) is 5. The highest BCUT2D eigenvalue weighted by Crippen LogP contribution is 2.31. The minimum atomic E-state index is -2.98. The molecular formula is C15H16F2N2O5. The Hall–Kier alpha value is -2.71. The Morgan fingerprint density at radius 2 is 2.08 bits per heavy atom. The van der Waals surface area contributed by atoms with Gasteiger partial charge in [0.15, 0.2) is 5.71 Å². The lowest BCUT2D eigenvalue weighted by atomic mass is 10.2. The first-order chi connectivity index (χ1) is 11.1. The first kappa shape index (κ1) is 17.6. The average molecular weight is 342 g/mol. The molecule has 24 heavy (non-hydrogen) atoms. The average Bonchev–Trinajstić information content (AvgIpc) is 2.56. The van der Waals surface area contributed by atoms with Crippen molar-refractivity contribution >= 4 is 23.4 Å². The van der Waals surface area contributed by atoms with Crippen molar-refractivity contribution in [3.63, 3.8) is 0 Å². The molecule has 2 amide bonds. The second-order valence-corrected chi connectivity index (χ2v) is 5.82. The number of carbonyl (C=O) groups is 2. The van der Waals surface area contributed by atoms with E-state index in [4.69, 9.17) is 9.47 Å². The summed E-state index contributed by atoms with van der Waals surface area (Å²) in [5.74, 6) is -0.649. The maximum atomic E-state index is 12.2. The molecule has 0 unspecified atom stereocenters. The van der Waals surface area contributed by atoms with E-state index in [0.717, 1.165) is 0 Å². The SMILES string of the molecule is CC(C)(C)OC(=O)/N=C1\COc2cc(OC(F)F)ccc2NC1=O. The van der Waals surface area contributed by atoms with Gasteiger partial charge in [-0.15, -0.1) is 0 Å². The van der Waals surface area contributed by atoms with E-state index in [1.54, 1.807) is 20.8 Å². The zero-order valence-electron chi connectivity index (χ0n) is 13.3. The molecule has 0 atom stereocenters. The van der Waals surface area contributed by atoms with Gasteiger partial charge in [0.2, 0.25) is 0 Å². The van der Waals surface area contributed by atoms with Crippen LogP contribution in [0, 0.1) is 0 Å². The molecule has 1 aromatic carbocycles. The molecule has 0 radical (unpaired) electrons. The van der Waals surface area contributed by atoms with Crippen molar-refractivity contribution < 1.29 is 32.6 Å². The molecule has 2 rings (SSSR count). The van der Waals surface area contributed by atoms with Crippen molar-refractivity contribution in [2.75, 3.05) is 11.9 Å². The number of halogens is 2. The Balaban J connectivity index is 2.17. The Morgan fingerprint density at radius 1 is 1.38 bits per heavy atom. The molecule has 1 aliphatic heterocycles. The van der Waals surface area contributed by atoms with Gasteiger partial charge < -0.3 is 19.5 Å². The minimum absolute atomic E-state index is 0.120. The molecule has 1 aromatic rings. The molecule has 0 fully saturated rings. The molecule has 130 valence electrons. The van der Waals surface area contributed by atoms with E-state index in [1.165, 1.54) is 18.2 Å². The largest absolute Gasteiger partial charge is 0.485 e. The first-order valence-corrected chi connectivity index (χ1v) is 6.97. The number of alkyl halides is 2. The third-order valence-electron chi connectivity index (χ3n) is 2.67. The fourth-order valence-electron chi connectivity index (χ4n) is 1.79. The summed E-state index contributed by atoms with van der Waals surface area (Å²) < 4.78 is 39.1. The van der Waals surface area contributed by atoms with Gasteiger partial charge >= 0.3 is 12.7 Å². The number of hydrogen-bond donors (Lipinski definition) is 1. The summed E-state index contributed by atoms with van der Waals surface area (Å²) in [6.45, 7) is 1.68. The smallest absolute Gasteiger partial charge is 0.434 e. The number of benzene rings is 1. The van der Waals surface area contributed by atoms with Crippen molar-refractivity contribution in [1.29, 1.82) is 0 Å². The van der Waals surface area contributed by atoms with E-state index in [2.05, 4.69) is 15.0 Å². The van der Waals surface area contributed by atoms with E-state index in [0.29, 0.717) is 0 Å². The highest BCUT2D eigenvalue weighted by Gasteiger charge is 2.24. The van der Waals surface area contributed by atoms with Crippen LogP contribution in [0.5, 0.6) is 11.5 Å². The van der Waals surface area contributed by atoms with E-state index in [9.17, 15) is 18.4 Å². The predicted molar refractivity (Wildman–Crippen MR) is 80.9 cm³/mol. The van der Waals surface area contributed by atoms with Crippen LogP contribution in [0.1, 0.15) is 20.8 Å². The Bertz CT molecular complexity index is 683. The maximum Gasteiger partial charge on any atom is 0.434 e. The molecule has 0 aromatic heterocycles. The van der Waals surface area contributed by atoms with E-state index >= 15 is 0 Å². The lowest BCUT2D eigenvalue weighted by Gasteiger charge is -2.17. The fraction of sp³-hybridized carbons (Fsp3) is 0.400. The molecule has 1 aliphatic rings. The topological polar surface area (TPSA) is 86.2 Å².